The number of hydrogen-bond acceptors (Lipinski definition) is 2. The molecule has 0 saturated heterocycles. The van der Waals surface area contributed by atoms with E-state index in [1.165, 1.54) is 31.4 Å². The van der Waals surface area contributed by atoms with E-state index in [2.05, 4.69) is 36.6 Å². The predicted octanol–water partition coefficient (Wildman–Crippen LogP) is 2.82. The van der Waals surface area contributed by atoms with Crippen LogP contribution < -0.4 is 10.7 Å². The van der Waals surface area contributed by atoms with E-state index < -0.39 is 0 Å². The van der Waals surface area contributed by atoms with Gasteiger partial charge < -0.3 is 5.32 Å². The van der Waals surface area contributed by atoms with Crippen molar-refractivity contribution in [2.45, 2.75) is 58.9 Å². The topological polar surface area (TPSA) is 36.4 Å². The Hall–Kier alpha value is -0.640. The van der Waals surface area contributed by atoms with E-state index in [4.69, 9.17) is 12.2 Å². The third-order valence-electron chi connectivity index (χ3n) is 5.72. The van der Waals surface area contributed by atoms with Crippen molar-refractivity contribution >= 4 is 23.0 Å². The molecule has 18 heavy (non-hydrogen) atoms. The van der Waals surface area contributed by atoms with E-state index >= 15 is 0 Å². The Morgan fingerprint density at radius 2 is 2.00 bits per heavy atom. The zero-order chi connectivity index (χ0) is 13.0. The van der Waals surface area contributed by atoms with Gasteiger partial charge in [0.25, 0.3) is 0 Å². The van der Waals surface area contributed by atoms with E-state index in [9.17, 15) is 0 Å². The van der Waals surface area contributed by atoms with Crippen LogP contribution >= 0.6 is 12.2 Å². The minimum atomic E-state index is 0.264. The Labute approximate surface area is 115 Å². The highest BCUT2D eigenvalue weighted by molar-refractivity contribution is 7.80. The molecule has 0 aromatic carbocycles. The van der Waals surface area contributed by atoms with Crippen molar-refractivity contribution in [2.75, 3.05) is 0 Å². The highest BCUT2D eigenvalue weighted by Gasteiger charge is 2.59. The minimum absolute atomic E-state index is 0.264. The average molecular weight is 265 g/mol. The van der Waals surface area contributed by atoms with Crippen molar-refractivity contribution in [1.82, 2.24) is 10.7 Å². The molecule has 4 heteroatoms. The van der Waals surface area contributed by atoms with Crippen LogP contribution in [0.2, 0.25) is 0 Å². The molecule has 2 atom stereocenters. The second-order valence-corrected chi connectivity index (χ2v) is 7.32. The van der Waals surface area contributed by atoms with E-state index in [0.717, 1.165) is 12.3 Å². The summed E-state index contributed by atoms with van der Waals surface area (Å²) < 4.78 is 0. The van der Waals surface area contributed by atoms with Gasteiger partial charge in [0, 0.05) is 17.2 Å². The van der Waals surface area contributed by atoms with Gasteiger partial charge >= 0.3 is 0 Å². The molecule has 0 spiro atoms. The highest BCUT2D eigenvalue weighted by Crippen LogP contribution is 2.63. The van der Waals surface area contributed by atoms with Gasteiger partial charge in [-0.2, -0.15) is 5.10 Å². The summed E-state index contributed by atoms with van der Waals surface area (Å²) in [5.41, 5.74) is 5.03. The number of nitrogens with zero attached hydrogens (tertiary/aromatic N) is 1. The van der Waals surface area contributed by atoms with Gasteiger partial charge in [-0.05, 0) is 55.7 Å². The van der Waals surface area contributed by atoms with Crippen LogP contribution in [-0.4, -0.2) is 16.9 Å². The molecule has 3 nitrogen and oxygen atoms in total. The van der Waals surface area contributed by atoms with Crippen molar-refractivity contribution < 1.29 is 0 Å². The first-order valence-corrected chi connectivity index (χ1v) is 7.48. The second kappa shape index (κ2) is 3.92. The Bertz CT molecular complexity index is 411. The molecule has 3 fully saturated rings. The molecule has 0 amide bonds. The SMILES string of the molecule is CC1(C)[C@@H]2CC[C@@]1(C)/C(=N\NC(=S)NC1CC1)C2. The molecule has 3 rings (SSSR count). The summed E-state index contributed by atoms with van der Waals surface area (Å²) in [7, 11) is 0. The Morgan fingerprint density at radius 1 is 1.28 bits per heavy atom. The summed E-state index contributed by atoms with van der Waals surface area (Å²) in [6.45, 7) is 7.17. The number of thiocarbonyl (C=S) groups is 1. The van der Waals surface area contributed by atoms with E-state index in [0.29, 0.717) is 16.6 Å². The molecule has 0 aromatic heterocycles. The van der Waals surface area contributed by atoms with Gasteiger partial charge in [0.15, 0.2) is 5.11 Å². The lowest BCUT2D eigenvalue weighted by molar-refractivity contribution is 0.193. The van der Waals surface area contributed by atoms with Crippen LogP contribution in [0.3, 0.4) is 0 Å². The smallest absolute Gasteiger partial charge is 0.187 e. The number of hydrazone groups is 1. The largest absolute Gasteiger partial charge is 0.359 e. The summed E-state index contributed by atoms with van der Waals surface area (Å²) in [6, 6.07) is 0.595. The number of nitrogens with one attached hydrogen (secondary N) is 2. The summed E-state index contributed by atoms with van der Waals surface area (Å²) in [5, 5.41) is 8.57. The van der Waals surface area contributed by atoms with Crippen LogP contribution in [0, 0.1) is 16.7 Å². The molecule has 100 valence electrons. The third-order valence-corrected chi connectivity index (χ3v) is 5.93. The van der Waals surface area contributed by atoms with Crippen molar-refractivity contribution in [3.8, 4) is 0 Å². The zero-order valence-electron chi connectivity index (χ0n) is 11.5. The van der Waals surface area contributed by atoms with E-state index in [1.54, 1.807) is 0 Å². The number of hydrogen-bond donors (Lipinski definition) is 2. The lowest BCUT2D eigenvalue weighted by atomic mass is 9.70. The first-order chi connectivity index (χ1) is 8.43. The highest BCUT2D eigenvalue weighted by atomic mass is 32.1. The number of fused-ring (bicyclic) bond motifs is 2. The maximum atomic E-state index is 5.26. The van der Waals surface area contributed by atoms with Crippen LogP contribution in [0.4, 0.5) is 0 Å². The van der Waals surface area contributed by atoms with Crippen molar-refractivity contribution in [1.29, 1.82) is 0 Å². The second-order valence-electron chi connectivity index (χ2n) is 6.91. The molecular formula is C14H23N3S. The molecule has 0 unspecified atom stereocenters. The lowest BCUT2D eigenvalue weighted by Crippen LogP contribution is -2.37. The predicted molar refractivity (Wildman–Crippen MR) is 78.6 cm³/mol. The van der Waals surface area contributed by atoms with E-state index in [1.807, 2.05) is 0 Å². The fourth-order valence-electron chi connectivity index (χ4n) is 3.66. The van der Waals surface area contributed by atoms with Gasteiger partial charge in [0.05, 0.1) is 0 Å². The van der Waals surface area contributed by atoms with E-state index in [-0.39, 0.29) is 5.41 Å². The minimum Gasteiger partial charge on any atom is -0.359 e. The Kier molecular flexibility index (Phi) is 2.70. The summed E-state index contributed by atoms with van der Waals surface area (Å²) in [6.07, 6.45) is 6.25. The van der Waals surface area contributed by atoms with Gasteiger partial charge in [-0.1, -0.05) is 20.8 Å². The normalized spacial score (nSPS) is 39.1. The van der Waals surface area contributed by atoms with Crippen LogP contribution in [0.5, 0.6) is 0 Å². The molecule has 0 aliphatic heterocycles. The first-order valence-electron chi connectivity index (χ1n) is 7.07. The van der Waals surface area contributed by atoms with Crippen molar-refractivity contribution in [3.05, 3.63) is 0 Å². The van der Waals surface area contributed by atoms with Crippen molar-refractivity contribution in [2.24, 2.45) is 21.8 Å². The Morgan fingerprint density at radius 3 is 2.50 bits per heavy atom. The molecule has 3 aliphatic carbocycles. The monoisotopic (exact) mass is 265 g/mol. The maximum absolute atomic E-state index is 5.26. The molecule has 2 N–H and O–H groups in total. The van der Waals surface area contributed by atoms with Crippen LogP contribution in [-0.2, 0) is 0 Å². The van der Waals surface area contributed by atoms with Crippen LogP contribution in [0.25, 0.3) is 0 Å². The standard InChI is InChI=1S/C14H23N3S/c1-13(2)9-6-7-14(13,3)11(8-9)16-17-12(18)15-10-4-5-10/h9-10H,4-8H2,1-3H3,(H2,15,17,18)/b16-11-/t9-,14+/m1/s1. The molecule has 0 heterocycles. The molecule has 0 aromatic rings. The van der Waals surface area contributed by atoms with Gasteiger partial charge in [-0.25, -0.2) is 0 Å². The third kappa shape index (κ3) is 1.77. The molecule has 3 saturated carbocycles. The molecule has 0 radical (unpaired) electrons. The molecule has 3 aliphatic rings. The average Bonchev–Trinajstić information content (AvgIpc) is 3.04. The number of rotatable bonds is 2. The molecule has 2 bridgehead atoms. The summed E-state index contributed by atoms with van der Waals surface area (Å²) >= 11 is 5.26. The maximum Gasteiger partial charge on any atom is 0.187 e. The Balaban J connectivity index is 1.68. The summed E-state index contributed by atoms with van der Waals surface area (Å²) in [4.78, 5) is 0. The van der Waals surface area contributed by atoms with Gasteiger partial charge in [0.1, 0.15) is 0 Å². The zero-order valence-corrected chi connectivity index (χ0v) is 12.4. The fourth-order valence-corrected chi connectivity index (χ4v) is 3.87. The lowest BCUT2D eigenvalue weighted by Gasteiger charge is -2.34. The van der Waals surface area contributed by atoms with Crippen LogP contribution in [0.15, 0.2) is 5.10 Å². The van der Waals surface area contributed by atoms with Gasteiger partial charge in [-0.15, -0.1) is 0 Å². The summed E-state index contributed by atoms with van der Waals surface area (Å²) in [5.74, 6) is 0.799. The first kappa shape index (κ1) is 12.4. The van der Waals surface area contributed by atoms with Crippen molar-refractivity contribution in [3.63, 3.8) is 0 Å². The quantitative estimate of drug-likeness (QED) is 0.595. The van der Waals surface area contributed by atoms with Crippen LogP contribution in [0.1, 0.15) is 52.9 Å². The van der Waals surface area contributed by atoms with Gasteiger partial charge in [-0.3, -0.25) is 5.43 Å². The molecular weight excluding hydrogens is 242 g/mol. The van der Waals surface area contributed by atoms with Gasteiger partial charge in [0.2, 0.25) is 0 Å². The fraction of sp³-hybridized carbons (Fsp3) is 0.857.